The van der Waals surface area contributed by atoms with Crippen LogP contribution < -0.4 is 5.73 Å². The molecule has 0 saturated carbocycles. The molecule has 1 unspecified atom stereocenters. The summed E-state index contributed by atoms with van der Waals surface area (Å²) in [5.74, 6) is 0.138. The van der Waals surface area contributed by atoms with Gasteiger partial charge in [-0.1, -0.05) is 0 Å². The van der Waals surface area contributed by atoms with Crippen LogP contribution in [0.4, 0.5) is 0 Å². The molecule has 1 saturated heterocycles. The van der Waals surface area contributed by atoms with E-state index in [4.69, 9.17) is 5.73 Å². The van der Waals surface area contributed by atoms with Gasteiger partial charge in [-0.3, -0.25) is 4.79 Å². The summed E-state index contributed by atoms with van der Waals surface area (Å²) < 4.78 is 0. The summed E-state index contributed by atoms with van der Waals surface area (Å²) >= 11 is 0. The molecule has 4 nitrogen and oxygen atoms in total. The van der Waals surface area contributed by atoms with Crippen LogP contribution in [0.15, 0.2) is 0 Å². The van der Waals surface area contributed by atoms with Crippen LogP contribution in [-0.4, -0.2) is 55.0 Å². The van der Waals surface area contributed by atoms with Gasteiger partial charge in [0.1, 0.15) is 0 Å². The Bertz CT molecular complexity index is 172. The van der Waals surface area contributed by atoms with E-state index >= 15 is 0 Å². The molecule has 0 bridgehead atoms. The molecule has 0 aliphatic carbocycles. The predicted molar refractivity (Wildman–Crippen MR) is 47.7 cm³/mol. The first kappa shape index (κ1) is 9.48. The van der Waals surface area contributed by atoms with Gasteiger partial charge in [-0.2, -0.15) is 0 Å². The van der Waals surface area contributed by atoms with Crippen LogP contribution in [0, 0.1) is 0 Å². The highest BCUT2D eigenvalue weighted by Gasteiger charge is 2.25. The SMILES string of the molecule is CC(=O)N1CCN(C)CC1CN. The van der Waals surface area contributed by atoms with Crippen molar-refractivity contribution in [2.75, 3.05) is 33.2 Å². The third-order valence-electron chi connectivity index (χ3n) is 2.36. The highest BCUT2D eigenvalue weighted by Crippen LogP contribution is 2.06. The van der Waals surface area contributed by atoms with Gasteiger partial charge in [0, 0.05) is 33.1 Å². The van der Waals surface area contributed by atoms with Gasteiger partial charge in [0.2, 0.25) is 5.91 Å². The maximum atomic E-state index is 11.1. The molecular formula is C8H17N3O. The average Bonchev–Trinajstić information content (AvgIpc) is 2.03. The van der Waals surface area contributed by atoms with Crippen molar-refractivity contribution in [1.29, 1.82) is 0 Å². The van der Waals surface area contributed by atoms with Crippen LogP contribution in [0.3, 0.4) is 0 Å². The standard InChI is InChI=1S/C8H17N3O/c1-7(12)11-4-3-10(2)6-8(11)5-9/h8H,3-6,9H2,1-2H3. The molecule has 2 N–H and O–H groups in total. The van der Waals surface area contributed by atoms with E-state index in [9.17, 15) is 4.79 Å². The third-order valence-corrected chi connectivity index (χ3v) is 2.36. The van der Waals surface area contributed by atoms with Crippen LogP contribution in [-0.2, 0) is 4.79 Å². The summed E-state index contributed by atoms with van der Waals surface area (Å²) in [5.41, 5.74) is 5.57. The van der Waals surface area contributed by atoms with Crippen molar-refractivity contribution in [2.24, 2.45) is 5.73 Å². The minimum Gasteiger partial charge on any atom is -0.336 e. The fourth-order valence-corrected chi connectivity index (χ4v) is 1.63. The molecule has 1 heterocycles. The maximum Gasteiger partial charge on any atom is 0.219 e. The quantitative estimate of drug-likeness (QED) is 0.556. The van der Waals surface area contributed by atoms with Gasteiger partial charge < -0.3 is 15.5 Å². The van der Waals surface area contributed by atoms with Crippen molar-refractivity contribution in [3.05, 3.63) is 0 Å². The Balaban J connectivity index is 2.56. The molecule has 1 atom stereocenters. The molecule has 0 aromatic rings. The van der Waals surface area contributed by atoms with Gasteiger partial charge in [0.15, 0.2) is 0 Å². The van der Waals surface area contributed by atoms with Gasteiger partial charge in [-0.25, -0.2) is 0 Å². The molecule has 1 aliphatic heterocycles. The van der Waals surface area contributed by atoms with Crippen LogP contribution in [0.5, 0.6) is 0 Å². The second-order valence-electron chi connectivity index (χ2n) is 3.36. The molecule has 1 amide bonds. The number of hydrogen-bond donors (Lipinski definition) is 1. The maximum absolute atomic E-state index is 11.1. The van der Waals surface area contributed by atoms with Crippen LogP contribution >= 0.6 is 0 Å². The smallest absolute Gasteiger partial charge is 0.219 e. The normalized spacial score (nSPS) is 25.9. The van der Waals surface area contributed by atoms with Crippen molar-refractivity contribution in [3.63, 3.8) is 0 Å². The van der Waals surface area contributed by atoms with E-state index in [2.05, 4.69) is 11.9 Å². The number of carbonyl (C=O) groups is 1. The summed E-state index contributed by atoms with van der Waals surface area (Å²) in [7, 11) is 2.06. The van der Waals surface area contributed by atoms with Gasteiger partial charge in [-0.15, -0.1) is 0 Å². The second-order valence-corrected chi connectivity index (χ2v) is 3.36. The number of likely N-dealkylation sites (N-methyl/N-ethyl adjacent to an activating group) is 1. The first-order valence-corrected chi connectivity index (χ1v) is 4.31. The number of nitrogens with zero attached hydrogens (tertiary/aromatic N) is 2. The van der Waals surface area contributed by atoms with E-state index in [1.165, 1.54) is 0 Å². The highest BCUT2D eigenvalue weighted by molar-refractivity contribution is 5.73. The van der Waals surface area contributed by atoms with E-state index in [1.807, 2.05) is 4.90 Å². The van der Waals surface area contributed by atoms with E-state index in [1.54, 1.807) is 6.92 Å². The van der Waals surface area contributed by atoms with Crippen molar-refractivity contribution in [3.8, 4) is 0 Å². The monoisotopic (exact) mass is 171 g/mol. The predicted octanol–water partition coefficient (Wildman–Crippen LogP) is -0.892. The minimum absolute atomic E-state index is 0.138. The number of rotatable bonds is 1. The Morgan fingerprint density at radius 1 is 1.58 bits per heavy atom. The number of piperazine rings is 1. The Hall–Kier alpha value is -0.610. The van der Waals surface area contributed by atoms with E-state index in [-0.39, 0.29) is 11.9 Å². The first-order chi connectivity index (χ1) is 5.65. The lowest BCUT2D eigenvalue weighted by atomic mass is 10.2. The lowest BCUT2D eigenvalue weighted by molar-refractivity contribution is -0.133. The van der Waals surface area contributed by atoms with Gasteiger partial charge in [0.05, 0.1) is 6.04 Å². The number of hydrogen-bond acceptors (Lipinski definition) is 3. The zero-order valence-corrected chi connectivity index (χ0v) is 7.79. The molecule has 0 aromatic heterocycles. The van der Waals surface area contributed by atoms with Crippen molar-refractivity contribution in [2.45, 2.75) is 13.0 Å². The van der Waals surface area contributed by atoms with Crippen molar-refractivity contribution < 1.29 is 4.79 Å². The van der Waals surface area contributed by atoms with Gasteiger partial charge >= 0.3 is 0 Å². The third kappa shape index (κ3) is 1.95. The zero-order chi connectivity index (χ0) is 9.14. The Morgan fingerprint density at radius 3 is 2.75 bits per heavy atom. The van der Waals surface area contributed by atoms with Crippen molar-refractivity contribution >= 4 is 5.91 Å². The van der Waals surface area contributed by atoms with Gasteiger partial charge in [-0.05, 0) is 7.05 Å². The van der Waals surface area contributed by atoms with Crippen LogP contribution in [0.1, 0.15) is 6.92 Å². The summed E-state index contributed by atoms with van der Waals surface area (Å²) in [6, 6.07) is 0.209. The lowest BCUT2D eigenvalue weighted by Gasteiger charge is -2.38. The molecule has 1 fully saturated rings. The van der Waals surface area contributed by atoms with E-state index in [0.29, 0.717) is 6.54 Å². The number of carbonyl (C=O) groups excluding carboxylic acids is 1. The first-order valence-electron chi connectivity index (χ1n) is 4.31. The summed E-state index contributed by atoms with van der Waals surface area (Å²) in [6.45, 7) is 4.83. The molecule has 12 heavy (non-hydrogen) atoms. The zero-order valence-electron chi connectivity index (χ0n) is 7.79. The summed E-state index contributed by atoms with van der Waals surface area (Å²) in [5, 5.41) is 0. The summed E-state index contributed by atoms with van der Waals surface area (Å²) in [6.07, 6.45) is 0. The van der Waals surface area contributed by atoms with E-state index < -0.39 is 0 Å². The summed E-state index contributed by atoms with van der Waals surface area (Å²) in [4.78, 5) is 15.2. The Morgan fingerprint density at radius 2 is 2.25 bits per heavy atom. The largest absolute Gasteiger partial charge is 0.336 e. The van der Waals surface area contributed by atoms with Crippen LogP contribution in [0.2, 0.25) is 0 Å². The molecule has 4 heteroatoms. The Kier molecular flexibility index (Phi) is 3.05. The van der Waals surface area contributed by atoms with Crippen molar-refractivity contribution in [1.82, 2.24) is 9.80 Å². The topological polar surface area (TPSA) is 49.6 Å². The highest BCUT2D eigenvalue weighted by atomic mass is 16.2. The molecule has 70 valence electrons. The molecule has 0 radical (unpaired) electrons. The molecule has 0 aromatic carbocycles. The number of amides is 1. The lowest BCUT2D eigenvalue weighted by Crippen LogP contribution is -2.56. The molecule has 0 spiro atoms. The number of nitrogens with two attached hydrogens (primary N) is 1. The second kappa shape index (κ2) is 3.87. The fourth-order valence-electron chi connectivity index (χ4n) is 1.63. The van der Waals surface area contributed by atoms with Gasteiger partial charge in [0.25, 0.3) is 0 Å². The Labute approximate surface area is 73.3 Å². The molecule has 1 rings (SSSR count). The fraction of sp³-hybridized carbons (Fsp3) is 0.875. The minimum atomic E-state index is 0.138. The molecule has 1 aliphatic rings. The van der Waals surface area contributed by atoms with Crippen LogP contribution in [0.25, 0.3) is 0 Å². The average molecular weight is 171 g/mol. The molecular weight excluding hydrogens is 154 g/mol. The van der Waals surface area contributed by atoms with E-state index in [0.717, 1.165) is 19.6 Å².